The maximum atomic E-state index is 11.6. The Morgan fingerprint density at radius 1 is 1.27 bits per heavy atom. The van der Waals surface area contributed by atoms with Gasteiger partial charge in [0.05, 0.1) is 0 Å². The molecule has 1 aliphatic heterocycles. The van der Waals surface area contributed by atoms with E-state index in [0.29, 0.717) is 12.3 Å². The van der Waals surface area contributed by atoms with E-state index in [9.17, 15) is 9.00 Å². The van der Waals surface area contributed by atoms with Crippen LogP contribution in [0, 0.1) is 0 Å². The molecule has 1 heterocycles. The first kappa shape index (κ1) is 12.5. The minimum Gasteiger partial charge on any atom is -0.337 e. The molecule has 2 amide bonds. The van der Waals surface area contributed by atoms with Crippen molar-refractivity contribution in [2.45, 2.75) is 25.7 Å². The van der Waals surface area contributed by atoms with Crippen molar-refractivity contribution < 1.29 is 9.00 Å². The van der Waals surface area contributed by atoms with Crippen LogP contribution in [0.5, 0.6) is 0 Å². The summed E-state index contributed by atoms with van der Waals surface area (Å²) in [6, 6.07) is 0.00218. The van der Waals surface area contributed by atoms with Gasteiger partial charge in [0.25, 0.3) is 0 Å². The van der Waals surface area contributed by atoms with Crippen LogP contribution < -0.4 is 5.32 Å². The molecule has 0 aromatic heterocycles. The maximum absolute atomic E-state index is 11.6. The normalized spacial score (nSPS) is 19.4. The van der Waals surface area contributed by atoms with E-state index in [0.717, 1.165) is 25.9 Å². The van der Waals surface area contributed by atoms with Crippen LogP contribution in [0.1, 0.15) is 25.7 Å². The number of nitrogens with one attached hydrogen (secondary N) is 1. The zero-order valence-corrected chi connectivity index (χ0v) is 10.1. The van der Waals surface area contributed by atoms with Crippen molar-refractivity contribution >= 4 is 16.8 Å². The molecule has 15 heavy (non-hydrogen) atoms. The smallest absolute Gasteiger partial charge is 0.317 e. The molecule has 0 spiro atoms. The second-order valence-corrected chi connectivity index (χ2v) is 5.47. The number of hydrogen-bond donors (Lipinski definition) is 1. The summed E-state index contributed by atoms with van der Waals surface area (Å²) in [6.45, 7) is 2.24. The molecular formula is C10H20N2O2S. The van der Waals surface area contributed by atoms with Crippen LogP contribution in [-0.2, 0) is 10.8 Å². The molecule has 1 aliphatic rings. The molecule has 0 aromatic rings. The standard InChI is InChI=1S/C10H20N2O2S/c1-15(14)9-6-11-10(13)12-7-4-2-3-5-8-12/h2-9H2,1H3,(H,11,13). The highest BCUT2D eigenvalue weighted by molar-refractivity contribution is 7.84. The molecule has 1 saturated heterocycles. The van der Waals surface area contributed by atoms with Gasteiger partial charge in [-0.25, -0.2) is 4.79 Å². The van der Waals surface area contributed by atoms with Gasteiger partial charge in [-0.2, -0.15) is 0 Å². The van der Waals surface area contributed by atoms with Gasteiger partial charge in [0, 0.05) is 42.4 Å². The molecule has 1 rings (SSSR count). The molecule has 5 heteroatoms. The number of carbonyl (C=O) groups is 1. The molecule has 88 valence electrons. The van der Waals surface area contributed by atoms with Crippen molar-refractivity contribution in [3.63, 3.8) is 0 Å². The molecule has 0 saturated carbocycles. The summed E-state index contributed by atoms with van der Waals surface area (Å²) in [6.07, 6.45) is 6.31. The average molecular weight is 232 g/mol. The summed E-state index contributed by atoms with van der Waals surface area (Å²) in [4.78, 5) is 13.5. The van der Waals surface area contributed by atoms with E-state index in [-0.39, 0.29) is 6.03 Å². The third kappa shape index (κ3) is 5.16. The molecule has 4 nitrogen and oxygen atoms in total. The van der Waals surface area contributed by atoms with Crippen molar-refractivity contribution in [2.75, 3.05) is 31.6 Å². The van der Waals surface area contributed by atoms with E-state index in [1.807, 2.05) is 4.90 Å². The second kappa shape index (κ2) is 6.82. The van der Waals surface area contributed by atoms with E-state index >= 15 is 0 Å². The summed E-state index contributed by atoms with van der Waals surface area (Å²) >= 11 is 0. The molecule has 0 bridgehead atoms. The van der Waals surface area contributed by atoms with Gasteiger partial charge < -0.3 is 10.2 Å². The van der Waals surface area contributed by atoms with Gasteiger partial charge in [0.1, 0.15) is 0 Å². The number of amides is 2. The predicted molar refractivity (Wildman–Crippen MR) is 62.4 cm³/mol. The van der Waals surface area contributed by atoms with E-state index in [1.165, 1.54) is 12.8 Å². The minimum absolute atomic E-state index is 0.00218. The lowest BCUT2D eigenvalue weighted by atomic mass is 10.2. The number of urea groups is 1. The van der Waals surface area contributed by atoms with Gasteiger partial charge in [0.2, 0.25) is 0 Å². The maximum Gasteiger partial charge on any atom is 0.317 e. The van der Waals surface area contributed by atoms with Crippen molar-refractivity contribution in [2.24, 2.45) is 0 Å². The molecule has 1 fully saturated rings. The van der Waals surface area contributed by atoms with E-state index in [2.05, 4.69) is 5.32 Å². The van der Waals surface area contributed by atoms with Gasteiger partial charge >= 0.3 is 6.03 Å². The van der Waals surface area contributed by atoms with Crippen LogP contribution >= 0.6 is 0 Å². The van der Waals surface area contributed by atoms with Gasteiger partial charge in [-0.05, 0) is 12.8 Å². The van der Waals surface area contributed by atoms with Crippen molar-refractivity contribution in [1.82, 2.24) is 10.2 Å². The Labute approximate surface area is 93.9 Å². The molecule has 1 atom stereocenters. The molecule has 1 N–H and O–H groups in total. The average Bonchev–Trinajstić information content (AvgIpc) is 2.44. The summed E-state index contributed by atoms with van der Waals surface area (Å²) in [5, 5.41) is 2.81. The lowest BCUT2D eigenvalue weighted by molar-refractivity contribution is 0.200. The first-order valence-corrected chi connectivity index (χ1v) is 7.25. The monoisotopic (exact) mass is 232 g/mol. The SMILES string of the molecule is CS(=O)CCNC(=O)N1CCCCCC1. The molecule has 0 aliphatic carbocycles. The van der Waals surface area contributed by atoms with Crippen molar-refractivity contribution in [3.05, 3.63) is 0 Å². The van der Waals surface area contributed by atoms with Crippen LogP contribution in [0.2, 0.25) is 0 Å². The highest BCUT2D eigenvalue weighted by Gasteiger charge is 2.14. The van der Waals surface area contributed by atoms with Crippen LogP contribution in [-0.4, -0.2) is 46.8 Å². The van der Waals surface area contributed by atoms with Crippen LogP contribution in [0.25, 0.3) is 0 Å². The predicted octanol–water partition coefficient (Wildman–Crippen LogP) is 0.950. The Kier molecular flexibility index (Phi) is 5.68. The Morgan fingerprint density at radius 2 is 1.87 bits per heavy atom. The van der Waals surface area contributed by atoms with E-state index in [4.69, 9.17) is 0 Å². The summed E-state index contributed by atoms with van der Waals surface area (Å²) in [5.41, 5.74) is 0. The first-order chi connectivity index (χ1) is 7.20. The summed E-state index contributed by atoms with van der Waals surface area (Å²) < 4.78 is 10.8. The molecule has 1 unspecified atom stereocenters. The molecule has 0 aromatic carbocycles. The fourth-order valence-corrected chi connectivity index (χ4v) is 2.08. The zero-order chi connectivity index (χ0) is 11.1. The fraction of sp³-hybridized carbons (Fsp3) is 0.900. The topological polar surface area (TPSA) is 49.4 Å². The summed E-state index contributed by atoms with van der Waals surface area (Å²) in [7, 11) is -0.824. The quantitative estimate of drug-likeness (QED) is 0.787. The zero-order valence-electron chi connectivity index (χ0n) is 9.33. The van der Waals surface area contributed by atoms with Gasteiger partial charge in [-0.3, -0.25) is 4.21 Å². The Morgan fingerprint density at radius 3 is 2.40 bits per heavy atom. The summed E-state index contributed by atoms with van der Waals surface area (Å²) in [5.74, 6) is 0.541. The van der Waals surface area contributed by atoms with Crippen molar-refractivity contribution in [3.8, 4) is 0 Å². The third-order valence-electron chi connectivity index (χ3n) is 2.56. The number of rotatable bonds is 3. The Hall–Kier alpha value is -0.580. The lowest BCUT2D eigenvalue weighted by Gasteiger charge is -2.20. The van der Waals surface area contributed by atoms with Gasteiger partial charge in [-0.15, -0.1) is 0 Å². The van der Waals surface area contributed by atoms with Crippen LogP contribution in [0.3, 0.4) is 0 Å². The van der Waals surface area contributed by atoms with Gasteiger partial charge in [0.15, 0.2) is 0 Å². The van der Waals surface area contributed by atoms with Crippen molar-refractivity contribution in [1.29, 1.82) is 0 Å². The largest absolute Gasteiger partial charge is 0.337 e. The number of nitrogens with zero attached hydrogens (tertiary/aromatic N) is 1. The van der Waals surface area contributed by atoms with E-state index < -0.39 is 10.8 Å². The Bertz CT molecular complexity index is 225. The second-order valence-electron chi connectivity index (χ2n) is 3.91. The minimum atomic E-state index is -0.824. The molecule has 0 radical (unpaired) electrons. The number of hydrogen-bond acceptors (Lipinski definition) is 2. The molecular weight excluding hydrogens is 212 g/mol. The van der Waals surface area contributed by atoms with Gasteiger partial charge in [-0.1, -0.05) is 12.8 Å². The fourth-order valence-electron chi connectivity index (χ4n) is 1.69. The highest BCUT2D eigenvalue weighted by Crippen LogP contribution is 2.09. The number of carbonyl (C=O) groups excluding carboxylic acids is 1. The van der Waals surface area contributed by atoms with Crippen LogP contribution in [0.4, 0.5) is 4.79 Å². The number of likely N-dealkylation sites (tertiary alicyclic amines) is 1. The Balaban J connectivity index is 2.22. The highest BCUT2D eigenvalue weighted by atomic mass is 32.2. The lowest BCUT2D eigenvalue weighted by Crippen LogP contribution is -2.41. The first-order valence-electron chi connectivity index (χ1n) is 5.53. The van der Waals surface area contributed by atoms with Crippen LogP contribution in [0.15, 0.2) is 0 Å². The third-order valence-corrected chi connectivity index (χ3v) is 3.34. The van der Waals surface area contributed by atoms with E-state index in [1.54, 1.807) is 6.26 Å².